The summed E-state index contributed by atoms with van der Waals surface area (Å²) in [6.45, 7) is 7.56. The van der Waals surface area contributed by atoms with E-state index in [-0.39, 0.29) is 11.9 Å². The quantitative estimate of drug-likeness (QED) is 0.559. The van der Waals surface area contributed by atoms with Crippen LogP contribution in [0.2, 0.25) is 0 Å². The molecule has 1 aromatic rings. The average molecular weight is 319 g/mol. The fraction of sp³-hybridized carbons (Fsp3) is 0.556. The molecule has 23 heavy (non-hydrogen) atoms. The largest absolute Gasteiger partial charge is 0.320 e. The molecular weight excluding hydrogens is 290 g/mol. The van der Waals surface area contributed by atoms with Gasteiger partial charge in [0.2, 0.25) is 6.41 Å². The first-order valence-corrected chi connectivity index (χ1v) is 8.12. The molecule has 1 N–H and O–H groups in total. The maximum absolute atomic E-state index is 12.7. The Labute approximate surface area is 139 Å². The highest BCUT2D eigenvalue weighted by molar-refractivity contribution is 6.09. The predicted molar refractivity (Wildman–Crippen MR) is 94.7 cm³/mol. The van der Waals surface area contributed by atoms with Crippen molar-refractivity contribution in [2.45, 2.75) is 39.7 Å². The Morgan fingerprint density at radius 2 is 1.83 bits per heavy atom. The first-order valence-electron chi connectivity index (χ1n) is 8.12. The van der Waals surface area contributed by atoms with E-state index in [4.69, 9.17) is 0 Å². The van der Waals surface area contributed by atoms with Gasteiger partial charge in [0.1, 0.15) is 0 Å². The summed E-state index contributed by atoms with van der Waals surface area (Å²) in [4.78, 5) is 27.4. The molecule has 0 fully saturated rings. The van der Waals surface area contributed by atoms with Crippen LogP contribution in [0.3, 0.4) is 0 Å². The molecule has 0 aliphatic rings. The number of likely N-dealkylation sites (N-methyl/N-ethyl adjacent to an activating group) is 1. The lowest BCUT2D eigenvalue weighted by molar-refractivity contribution is -0.125. The molecule has 0 saturated heterocycles. The van der Waals surface area contributed by atoms with Gasteiger partial charge in [0.25, 0.3) is 5.91 Å². The SMILES string of the molecule is CNCCCCN(C)C(C)C(=O)N(C=O)c1cc(C)cc(C)c1. The Balaban J connectivity index is 2.76. The van der Waals surface area contributed by atoms with Crippen molar-refractivity contribution < 1.29 is 9.59 Å². The van der Waals surface area contributed by atoms with E-state index in [2.05, 4.69) is 5.32 Å². The molecule has 2 amide bonds. The molecule has 1 atom stereocenters. The summed E-state index contributed by atoms with van der Waals surface area (Å²) < 4.78 is 0. The van der Waals surface area contributed by atoms with Crippen molar-refractivity contribution in [3.05, 3.63) is 29.3 Å². The second kappa shape index (κ2) is 9.43. The Bertz CT molecular complexity index is 511. The number of rotatable bonds is 9. The van der Waals surface area contributed by atoms with Gasteiger partial charge in [-0.3, -0.25) is 19.4 Å². The topological polar surface area (TPSA) is 52.7 Å². The molecule has 1 unspecified atom stereocenters. The second-order valence-electron chi connectivity index (χ2n) is 6.13. The molecular formula is C18H29N3O2. The fourth-order valence-corrected chi connectivity index (χ4v) is 2.58. The number of aryl methyl sites for hydroxylation is 2. The van der Waals surface area contributed by atoms with E-state index in [0.717, 1.165) is 37.1 Å². The van der Waals surface area contributed by atoms with Crippen molar-refractivity contribution in [2.24, 2.45) is 0 Å². The third-order valence-electron chi connectivity index (χ3n) is 4.03. The van der Waals surface area contributed by atoms with Crippen molar-refractivity contribution in [2.75, 3.05) is 32.1 Å². The second-order valence-corrected chi connectivity index (χ2v) is 6.13. The van der Waals surface area contributed by atoms with Gasteiger partial charge < -0.3 is 5.32 Å². The smallest absolute Gasteiger partial charge is 0.250 e. The van der Waals surface area contributed by atoms with Gasteiger partial charge in [-0.1, -0.05) is 6.07 Å². The van der Waals surface area contributed by atoms with Gasteiger partial charge in [-0.25, -0.2) is 0 Å². The van der Waals surface area contributed by atoms with Crippen molar-refractivity contribution >= 4 is 18.0 Å². The van der Waals surface area contributed by atoms with Crippen LogP contribution >= 0.6 is 0 Å². The summed E-state index contributed by atoms with van der Waals surface area (Å²) in [6.07, 6.45) is 2.69. The number of hydrogen-bond donors (Lipinski definition) is 1. The highest BCUT2D eigenvalue weighted by Gasteiger charge is 2.24. The zero-order valence-corrected chi connectivity index (χ0v) is 14.9. The zero-order chi connectivity index (χ0) is 17.4. The van der Waals surface area contributed by atoms with Gasteiger partial charge in [0.05, 0.1) is 11.7 Å². The van der Waals surface area contributed by atoms with Crippen LogP contribution < -0.4 is 10.2 Å². The van der Waals surface area contributed by atoms with Gasteiger partial charge >= 0.3 is 0 Å². The lowest BCUT2D eigenvalue weighted by atomic mass is 10.1. The van der Waals surface area contributed by atoms with E-state index in [1.54, 1.807) is 0 Å². The molecule has 0 saturated carbocycles. The number of amides is 2. The van der Waals surface area contributed by atoms with E-state index in [1.807, 2.05) is 58.0 Å². The molecule has 0 aliphatic heterocycles. The van der Waals surface area contributed by atoms with Gasteiger partial charge in [0.15, 0.2) is 0 Å². The molecule has 5 nitrogen and oxygen atoms in total. The summed E-state index contributed by atoms with van der Waals surface area (Å²) in [7, 11) is 3.86. The Hall–Kier alpha value is -1.72. The highest BCUT2D eigenvalue weighted by atomic mass is 16.2. The zero-order valence-electron chi connectivity index (χ0n) is 14.9. The molecule has 0 aromatic heterocycles. The lowest BCUT2D eigenvalue weighted by Crippen LogP contribution is -2.45. The Morgan fingerprint density at radius 3 is 2.35 bits per heavy atom. The Kier molecular flexibility index (Phi) is 7.92. The van der Waals surface area contributed by atoms with E-state index in [9.17, 15) is 9.59 Å². The number of benzene rings is 1. The molecule has 1 rings (SSSR count). The minimum absolute atomic E-state index is 0.193. The number of hydrogen-bond acceptors (Lipinski definition) is 4. The van der Waals surface area contributed by atoms with Crippen molar-refractivity contribution in [3.63, 3.8) is 0 Å². The third kappa shape index (κ3) is 5.77. The maximum Gasteiger partial charge on any atom is 0.250 e. The number of anilines is 1. The van der Waals surface area contributed by atoms with E-state index in [0.29, 0.717) is 12.1 Å². The summed E-state index contributed by atoms with van der Waals surface area (Å²) in [5, 5.41) is 3.11. The van der Waals surface area contributed by atoms with Crippen molar-refractivity contribution in [3.8, 4) is 0 Å². The summed E-state index contributed by atoms with van der Waals surface area (Å²) in [5.74, 6) is -0.193. The number of carbonyl (C=O) groups is 2. The molecule has 0 heterocycles. The number of imide groups is 1. The van der Waals surface area contributed by atoms with E-state index >= 15 is 0 Å². The average Bonchev–Trinajstić information content (AvgIpc) is 2.50. The third-order valence-corrected chi connectivity index (χ3v) is 4.03. The normalized spacial score (nSPS) is 12.3. The molecule has 1 aromatic carbocycles. The van der Waals surface area contributed by atoms with Crippen LogP contribution in [0.15, 0.2) is 18.2 Å². The van der Waals surface area contributed by atoms with Gasteiger partial charge in [-0.2, -0.15) is 0 Å². The fourth-order valence-electron chi connectivity index (χ4n) is 2.58. The van der Waals surface area contributed by atoms with Gasteiger partial charge in [-0.15, -0.1) is 0 Å². The highest BCUT2D eigenvalue weighted by Crippen LogP contribution is 2.19. The maximum atomic E-state index is 12.7. The molecule has 0 aliphatic carbocycles. The number of nitrogens with zero attached hydrogens (tertiary/aromatic N) is 2. The van der Waals surface area contributed by atoms with Crippen molar-refractivity contribution in [1.82, 2.24) is 10.2 Å². The van der Waals surface area contributed by atoms with Crippen LogP contribution in [-0.4, -0.2) is 50.4 Å². The Morgan fingerprint density at radius 1 is 1.22 bits per heavy atom. The molecule has 128 valence electrons. The standard InChI is InChI=1S/C18H29N3O2/c1-14-10-15(2)12-17(11-14)21(13-22)18(23)16(3)20(5)9-7-6-8-19-4/h10-13,16,19H,6-9H2,1-5H3. The molecule has 0 spiro atoms. The van der Waals surface area contributed by atoms with Crippen molar-refractivity contribution in [1.29, 1.82) is 0 Å². The number of nitrogens with one attached hydrogen (secondary N) is 1. The van der Waals surface area contributed by atoms with Gasteiger partial charge in [0, 0.05) is 0 Å². The summed E-state index contributed by atoms with van der Waals surface area (Å²) in [5.41, 5.74) is 2.71. The summed E-state index contributed by atoms with van der Waals surface area (Å²) in [6, 6.07) is 5.40. The molecule has 0 radical (unpaired) electrons. The number of unbranched alkanes of at least 4 members (excludes halogenated alkanes) is 1. The lowest BCUT2D eigenvalue weighted by Gasteiger charge is -2.27. The van der Waals surface area contributed by atoms with Crippen LogP contribution in [0.4, 0.5) is 5.69 Å². The number of carbonyl (C=O) groups excluding carboxylic acids is 2. The molecule has 5 heteroatoms. The van der Waals surface area contributed by atoms with Crippen LogP contribution in [-0.2, 0) is 9.59 Å². The minimum atomic E-state index is -0.337. The van der Waals surface area contributed by atoms with Crippen LogP contribution in [0.5, 0.6) is 0 Å². The van der Waals surface area contributed by atoms with Crippen LogP contribution in [0, 0.1) is 13.8 Å². The first-order chi connectivity index (χ1) is 10.9. The summed E-state index contributed by atoms with van der Waals surface area (Å²) >= 11 is 0. The monoisotopic (exact) mass is 319 g/mol. The van der Waals surface area contributed by atoms with Gasteiger partial charge in [-0.05, 0) is 84.1 Å². The predicted octanol–water partition coefficient (Wildman–Crippen LogP) is 2.11. The molecule has 0 bridgehead atoms. The van der Waals surface area contributed by atoms with Crippen LogP contribution in [0.25, 0.3) is 0 Å². The van der Waals surface area contributed by atoms with E-state index in [1.165, 1.54) is 4.90 Å². The van der Waals surface area contributed by atoms with Crippen LogP contribution in [0.1, 0.15) is 30.9 Å². The minimum Gasteiger partial charge on any atom is -0.320 e. The first kappa shape index (κ1) is 19.3. The van der Waals surface area contributed by atoms with E-state index < -0.39 is 0 Å².